The maximum Gasteiger partial charge on any atom is 0.224 e. The number of nitrogens with zero attached hydrogens (tertiary/aromatic N) is 1. The average molecular weight is 437 g/mol. The van der Waals surface area contributed by atoms with Crippen molar-refractivity contribution in [2.24, 2.45) is 5.92 Å². The van der Waals surface area contributed by atoms with Crippen LogP contribution in [0.3, 0.4) is 0 Å². The number of rotatable bonds is 8. The molecule has 2 aromatic rings. The van der Waals surface area contributed by atoms with E-state index in [4.69, 9.17) is 23.2 Å². The van der Waals surface area contributed by atoms with Gasteiger partial charge in [0.2, 0.25) is 5.91 Å². The van der Waals surface area contributed by atoms with Crippen molar-refractivity contribution in [1.82, 2.24) is 10.2 Å². The summed E-state index contributed by atoms with van der Waals surface area (Å²) in [5.74, 6) is 2.16. The fraction of sp³-hybridized carbons (Fsp3) is 0.409. The van der Waals surface area contributed by atoms with Gasteiger partial charge in [-0.05, 0) is 42.6 Å². The molecule has 1 amide bonds. The van der Waals surface area contributed by atoms with E-state index in [1.165, 1.54) is 5.56 Å². The zero-order valence-corrected chi connectivity index (χ0v) is 18.2. The number of nitrogens with one attached hydrogen (secondary N) is 1. The van der Waals surface area contributed by atoms with Gasteiger partial charge in [0.15, 0.2) is 0 Å². The first-order valence-corrected chi connectivity index (χ1v) is 11.6. The van der Waals surface area contributed by atoms with E-state index in [9.17, 15) is 4.79 Å². The third-order valence-corrected chi connectivity index (χ3v) is 6.69. The molecule has 6 heteroatoms. The zero-order chi connectivity index (χ0) is 19.8. The van der Waals surface area contributed by atoms with E-state index in [0.29, 0.717) is 10.0 Å². The van der Waals surface area contributed by atoms with Crippen molar-refractivity contribution < 1.29 is 4.79 Å². The molecule has 1 aliphatic heterocycles. The Balaban J connectivity index is 1.38. The first kappa shape index (κ1) is 21.5. The molecule has 1 atom stereocenters. The van der Waals surface area contributed by atoms with Crippen LogP contribution in [0.15, 0.2) is 48.5 Å². The lowest BCUT2D eigenvalue weighted by Crippen LogP contribution is -2.43. The number of piperidine rings is 1. The molecule has 1 unspecified atom stereocenters. The molecule has 1 N–H and O–H groups in total. The lowest BCUT2D eigenvalue weighted by atomic mass is 9.96. The maximum atomic E-state index is 12.5. The molecule has 3 rings (SSSR count). The first-order chi connectivity index (χ1) is 13.6. The van der Waals surface area contributed by atoms with Crippen LogP contribution in [0, 0.1) is 5.92 Å². The Morgan fingerprint density at radius 3 is 2.71 bits per heavy atom. The number of halogens is 2. The number of carbonyl (C=O) groups excluding carboxylic acids is 1. The molecular formula is C22H26Cl2N2OS. The third-order valence-electron chi connectivity index (χ3n) is 4.92. The van der Waals surface area contributed by atoms with Crippen LogP contribution in [0.25, 0.3) is 0 Å². The van der Waals surface area contributed by atoms with Crippen molar-refractivity contribution in [3.63, 3.8) is 0 Å². The molecule has 1 heterocycles. The zero-order valence-electron chi connectivity index (χ0n) is 15.9. The second-order valence-corrected chi connectivity index (χ2v) is 9.07. The minimum absolute atomic E-state index is 0.0654. The summed E-state index contributed by atoms with van der Waals surface area (Å²) < 4.78 is 0. The van der Waals surface area contributed by atoms with Gasteiger partial charge < -0.3 is 5.32 Å². The van der Waals surface area contributed by atoms with Crippen molar-refractivity contribution in [1.29, 1.82) is 0 Å². The summed E-state index contributed by atoms with van der Waals surface area (Å²) in [6.07, 6.45) is 2.00. The van der Waals surface area contributed by atoms with Gasteiger partial charge in [-0.3, -0.25) is 9.69 Å². The van der Waals surface area contributed by atoms with Crippen LogP contribution in [0.1, 0.15) is 24.0 Å². The molecule has 0 radical (unpaired) electrons. The Morgan fingerprint density at radius 1 is 1.11 bits per heavy atom. The minimum atomic E-state index is 0.0654. The molecule has 0 bridgehead atoms. The molecule has 28 heavy (non-hydrogen) atoms. The van der Waals surface area contributed by atoms with E-state index in [-0.39, 0.29) is 11.8 Å². The van der Waals surface area contributed by atoms with E-state index >= 15 is 0 Å². The van der Waals surface area contributed by atoms with Gasteiger partial charge in [-0.25, -0.2) is 0 Å². The lowest BCUT2D eigenvalue weighted by molar-refractivity contribution is -0.126. The van der Waals surface area contributed by atoms with Gasteiger partial charge in [0.05, 0.1) is 16.0 Å². The summed E-state index contributed by atoms with van der Waals surface area (Å²) in [7, 11) is 0. The quantitative estimate of drug-likeness (QED) is 0.573. The predicted octanol–water partition coefficient (Wildman–Crippen LogP) is 5.26. The van der Waals surface area contributed by atoms with Crippen LogP contribution in [0.5, 0.6) is 0 Å². The maximum absolute atomic E-state index is 12.5. The molecule has 0 aromatic heterocycles. The second-order valence-electron chi connectivity index (χ2n) is 7.15. The van der Waals surface area contributed by atoms with E-state index in [1.807, 2.05) is 36.0 Å². The molecule has 1 aliphatic rings. The molecule has 1 saturated heterocycles. The number of benzene rings is 2. The Kier molecular flexibility index (Phi) is 8.53. The first-order valence-electron chi connectivity index (χ1n) is 9.67. The van der Waals surface area contributed by atoms with E-state index in [2.05, 4.69) is 34.5 Å². The third kappa shape index (κ3) is 6.70. The fourth-order valence-electron chi connectivity index (χ4n) is 3.46. The van der Waals surface area contributed by atoms with Gasteiger partial charge in [-0.2, -0.15) is 11.8 Å². The van der Waals surface area contributed by atoms with Crippen LogP contribution in [0.4, 0.5) is 0 Å². The predicted molar refractivity (Wildman–Crippen MR) is 120 cm³/mol. The van der Waals surface area contributed by atoms with Gasteiger partial charge in [-0.1, -0.05) is 59.6 Å². The highest BCUT2D eigenvalue weighted by molar-refractivity contribution is 7.98. The summed E-state index contributed by atoms with van der Waals surface area (Å²) in [6.45, 7) is 3.33. The Hall–Kier alpha value is -1.20. The second kappa shape index (κ2) is 11.1. The highest BCUT2D eigenvalue weighted by atomic mass is 35.5. The van der Waals surface area contributed by atoms with Gasteiger partial charge >= 0.3 is 0 Å². The number of thioether (sulfide) groups is 1. The minimum Gasteiger partial charge on any atom is -0.355 e. The summed E-state index contributed by atoms with van der Waals surface area (Å²) in [5, 5.41) is 4.27. The Labute approximate surface area is 181 Å². The summed E-state index contributed by atoms with van der Waals surface area (Å²) in [4.78, 5) is 14.9. The highest BCUT2D eigenvalue weighted by Crippen LogP contribution is 2.25. The van der Waals surface area contributed by atoms with Gasteiger partial charge in [0, 0.05) is 31.1 Å². The molecule has 0 saturated carbocycles. The van der Waals surface area contributed by atoms with Crippen molar-refractivity contribution in [2.45, 2.75) is 25.1 Å². The monoisotopic (exact) mass is 436 g/mol. The van der Waals surface area contributed by atoms with Crippen molar-refractivity contribution in [3.8, 4) is 0 Å². The lowest BCUT2D eigenvalue weighted by Gasteiger charge is -2.32. The van der Waals surface area contributed by atoms with Crippen LogP contribution in [-0.4, -0.2) is 36.2 Å². The van der Waals surface area contributed by atoms with E-state index in [1.54, 1.807) is 0 Å². The molecule has 0 spiro atoms. The molecule has 1 fully saturated rings. The van der Waals surface area contributed by atoms with Crippen molar-refractivity contribution in [2.75, 3.05) is 25.4 Å². The van der Waals surface area contributed by atoms with Crippen LogP contribution >= 0.6 is 35.0 Å². The average Bonchev–Trinajstić information content (AvgIpc) is 2.71. The van der Waals surface area contributed by atoms with Gasteiger partial charge in [0.1, 0.15) is 0 Å². The van der Waals surface area contributed by atoms with Gasteiger partial charge in [-0.15, -0.1) is 0 Å². The van der Waals surface area contributed by atoms with Crippen LogP contribution in [0.2, 0.25) is 10.0 Å². The van der Waals surface area contributed by atoms with Gasteiger partial charge in [0.25, 0.3) is 0 Å². The van der Waals surface area contributed by atoms with Crippen molar-refractivity contribution >= 4 is 40.9 Å². The number of hydrogen-bond acceptors (Lipinski definition) is 3. The smallest absolute Gasteiger partial charge is 0.224 e. The molecule has 0 aliphatic carbocycles. The topological polar surface area (TPSA) is 32.3 Å². The normalized spacial score (nSPS) is 17.4. The molecular weight excluding hydrogens is 411 g/mol. The Bertz CT molecular complexity index is 772. The summed E-state index contributed by atoms with van der Waals surface area (Å²) in [6, 6.07) is 16.2. The standard InChI is InChI=1S/C22H26Cl2N2OS/c23-20-9-8-18(13-21(20)24)14-26-11-4-7-19(15-26)22(27)25-10-12-28-16-17-5-2-1-3-6-17/h1-3,5-6,8-9,13,19H,4,7,10-12,14-16H2,(H,25,27). The number of likely N-dealkylation sites (tertiary alicyclic amines) is 1. The number of carbonyl (C=O) groups is 1. The SMILES string of the molecule is O=C(NCCSCc1ccccc1)C1CCCN(Cc2ccc(Cl)c(Cl)c2)C1. The van der Waals surface area contributed by atoms with Crippen molar-refractivity contribution in [3.05, 3.63) is 69.7 Å². The van der Waals surface area contributed by atoms with E-state index < -0.39 is 0 Å². The molecule has 150 valence electrons. The number of amides is 1. The largest absolute Gasteiger partial charge is 0.355 e. The fourth-order valence-corrected chi connectivity index (χ4v) is 4.60. The van der Waals surface area contributed by atoms with Crippen LogP contribution < -0.4 is 5.32 Å². The molecule has 2 aromatic carbocycles. The Morgan fingerprint density at radius 2 is 1.93 bits per heavy atom. The highest BCUT2D eigenvalue weighted by Gasteiger charge is 2.25. The molecule has 3 nitrogen and oxygen atoms in total. The summed E-state index contributed by atoms with van der Waals surface area (Å²) in [5.41, 5.74) is 2.46. The number of hydrogen-bond donors (Lipinski definition) is 1. The van der Waals surface area contributed by atoms with Crippen LogP contribution in [-0.2, 0) is 17.1 Å². The summed E-state index contributed by atoms with van der Waals surface area (Å²) >= 11 is 14.0. The van der Waals surface area contributed by atoms with E-state index in [0.717, 1.165) is 56.1 Å².